The summed E-state index contributed by atoms with van der Waals surface area (Å²) < 4.78 is 0. The van der Waals surface area contributed by atoms with Crippen molar-refractivity contribution in [2.24, 2.45) is 4.99 Å². The molecule has 0 saturated carbocycles. The van der Waals surface area contributed by atoms with Gasteiger partial charge in [-0.05, 0) is 32.1 Å². The van der Waals surface area contributed by atoms with Crippen molar-refractivity contribution in [3.8, 4) is 0 Å². The first kappa shape index (κ1) is 14.6. The van der Waals surface area contributed by atoms with Crippen molar-refractivity contribution in [2.45, 2.75) is 46.0 Å². The lowest BCUT2D eigenvalue weighted by Crippen LogP contribution is -2.22. The zero-order valence-electron chi connectivity index (χ0n) is 11.3. The Hall–Kier alpha value is -1.45. The van der Waals surface area contributed by atoms with E-state index in [9.17, 15) is 9.59 Å². The quantitative estimate of drug-likeness (QED) is 0.816. The monoisotopic (exact) mass is 250 g/mol. The molecule has 0 fully saturated rings. The van der Waals surface area contributed by atoms with Gasteiger partial charge in [0.05, 0.1) is 11.4 Å². The normalized spacial score (nSPS) is 18.6. The van der Waals surface area contributed by atoms with E-state index in [2.05, 4.69) is 10.3 Å². The molecule has 2 heterocycles. The van der Waals surface area contributed by atoms with Crippen LogP contribution in [0.5, 0.6) is 0 Å². The van der Waals surface area contributed by atoms with E-state index in [0.717, 1.165) is 56.6 Å². The van der Waals surface area contributed by atoms with Gasteiger partial charge in [0.2, 0.25) is 0 Å². The van der Waals surface area contributed by atoms with Crippen molar-refractivity contribution in [3.63, 3.8) is 0 Å². The molecule has 0 radical (unpaired) electrons. The summed E-state index contributed by atoms with van der Waals surface area (Å²) in [4.78, 5) is 25.4. The lowest BCUT2D eigenvalue weighted by atomic mass is 10.1. The molecule has 0 amide bonds. The van der Waals surface area contributed by atoms with Crippen LogP contribution >= 0.6 is 0 Å². The number of rotatable bonds is 2. The van der Waals surface area contributed by atoms with E-state index < -0.39 is 0 Å². The number of carbonyl (C=O) groups is 2. The molecule has 18 heavy (non-hydrogen) atoms. The minimum absolute atomic E-state index is 0.148. The topological polar surface area (TPSA) is 58.5 Å². The van der Waals surface area contributed by atoms with Gasteiger partial charge in [0.15, 0.2) is 11.6 Å². The van der Waals surface area contributed by atoms with Crippen molar-refractivity contribution in [2.75, 3.05) is 13.1 Å². The van der Waals surface area contributed by atoms with Crippen LogP contribution in [0.4, 0.5) is 0 Å². The number of ketones is 2. The second-order valence-electron chi connectivity index (χ2n) is 4.58. The van der Waals surface area contributed by atoms with Crippen LogP contribution in [0.15, 0.2) is 16.8 Å². The molecule has 0 unspecified atom stereocenters. The van der Waals surface area contributed by atoms with Gasteiger partial charge in [-0.1, -0.05) is 6.08 Å². The van der Waals surface area contributed by atoms with Gasteiger partial charge in [-0.2, -0.15) is 0 Å². The molecule has 2 aliphatic heterocycles. The van der Waals surface area contributed by atoms with Crippen LogP contribution in [0.3, 0.4) is 0 Å². The van der Waals surface area contributed by atoms with Crippen LogP contribution in [-0.2, 0) is 9.59 Å². The molecular formula is C14H22N2O2. The predicted molar refractivity (Wildman–Crippen MR) is 72.8 cm³/mol. The highest BCUT2D eigenvalue weighted by atomic mass is 16.1. The Morgan fingerprint density at radius 2 is 1.94 bits per heavy atom. The van der Waals surface area contributed by atoms with Crippen molar-refractivity contribution in [3.05, 3.63) is 11.8 Å². The number of hydrogen-bond acceptors (Lipinski definition) is 4. The number of allylic oxidation sites excluding steroid dienone is 2. The maximum atomic E-state index is 10.7. The van der Waals surface area contributed by atoms with Gasteiger partial charge < -0.3 is 5.32 Å². The van der Waals surface area contributed by atoms with Gasteiger partial charge in [-0.25, -0.2) is 0 Å². The Morgan fingerprint density at radius 1 is 1.17 bits per heavy atom. The molecule has 0 aliphatic carbocycles. The van der Waals surface area contributed by atoms with Gasteiger partial charge in [0.1, 0.15) is 0 Å². The molecule has 4 nitrogen and oxygen atoms in total. The van der Waals surface area contributed by atoms with Crippen molar-refractivity contribution in [1.29, 1.82) is 0 Å². The summed E-state index contributed by atoms with van der Waals surface area (Å²) in [7, 11) is 0. The summed E-state index contributed by atoms with van der Waals surface area (Å²) in [5.41, 5.74) is 1.59. The molecule has 0 bridgehead atoms. The second kappa shape index (κ2) is 7.80. The van der Waals surface area contributed by atoms with Crippen LogP contribution < -0.4 is 5.32 Å². The summed E-state index contributed by atoms with van der Waals surface area (Å²) in [6.07, 6.45) is 7.34. The molecule has 4 heteroatoms. The van der Waals surface area contributed by atoms with E-state index in [4.69, 9.17) is 0 Å². The average molecular weight is 250 g/mol. The van der Waals surface area contributed by atoms with Gasteiger partial charge >= 0.3 is 0 Å². The Morgan fingerprint density at radius 3 is 2.28 bits per heavy atom. The lowest BCUT2D eigenvalue weighted by Gasteiger charge is -2.11. The second-order valence-corrected chi connectivity index (χ2v) is 4.58. The zero-order valence-corrected chi connectivity index (χ0v) is 11.3. The molecule has 0 saturated heterocycles. The first-order valence-corrected chi connectivity index (χ1v) is 6.60. The molecule has 2 aliphatic rings. The smallest absolute Gasteiger partial charge is 0.175 e. The summed E-state index contributed by atoms with van der Waals surface area (Å²) >= 11 is 0. The summed E-state index contributed by atoms with van der Waals surface area (Å²) in [5, 5.41) is 3.03. The number of carbonyl (C=O) groups excluding carboxylic acids is 2. The maximum absolute atomic E-state index is 10.7. The largest absolute Gasteiger partial charge is 0.382 e. The van der Waals surface area contributed by atoms with Crippen molar-refractivity contribution >= 4 is 17.3 Å². The van der Waals surface area contributed by atoms with Gasteiger partial charge in [0.25, 0.3) is 0 Å². The molecule has 0 aromatic rings. The molecule has 100 valence electrons. The summed E-state index contributed by atoms with van der Waals surface area (Å²) in [6.45, 7) is 4.98. The van der Waals surface area contributed by atoms with Gasteiger partial charge in [-0.3, -0.25) is 14.6 Å². The van der Waals surface area contributed by atoms with Crippen molar-refractivity contribution in [1.82, 2.24) is 5.32 Å². The minimum atomic E-state index is 0.148. The number of Topliss-reactive ketones (excluding diaryl/α,β-unsaturated/α-hetero) is 2. The zero-order chi connectivity index (χ0) is 13.4. The molecule has 0 atom stereocenters. The molecule has 1 N–H and O–H groups in total. The highest BCUT2D eigenvalue weighted by molar-refractivity contribution is 6.39. The Balaban J connectivity index is 0.000000180. The standard InChI is InChI=1S/2C7H11NO/c2*1-6(9)7-4-2-3-5-8-7/h2-5H2,1H3;4,8H,2-3,5H2,1H3. The van der Waals surface area contributed by atoms with E-state index in [1.807, 2.05) is 6.08 Å². The number of nitrogens with one attached hydrogen (secondary N) is 1. The predicted octanol–water partition coefficient (Wildman–Crippen LogP) is 2.04. The molecule has 0 spiro atoms. The third-order valence-corrected chi connectivity index (χ3v) is 2.95. The van der Waals surface area contributed by atoms with Crippen molar-refractivity contribution < 1.29 is 9.59 Å². The van der Waals surface area contributed by atoms with Crippen LogP contribution in [0.25, 0.3) is 0 Å². The fourth-order valence-electron chi connectivity index (χ4n) is 1.90. The van der Waals surface area contributed by atoms with E-state index in [1.165, 1.54) is 0 Å². The number of aliphatic imine (C=N–C) groups is 1. The molecule has 0 aromatic heterocycles. The van der Waals surface area contributed by atoms with Crippen LogP contribution in [0.2, 0.25) is 0 Å². The number of hydrogen-bond donors (Lipinski definition) is 1. The first-order valence-electron chi connectivity index (χ1n) is 6.60. The lowest BCUT2D eigenvalue weighted by molar-refractivity contribution is -0.114. The first-order chi connectivity index (χ1) is 8.61. The minimum Gasteiger partial charge on any atom is -0.382 e. The molecular weight excluding hydrogens is 228 g/mol. The highest BCUT2D eigenvalue weighted by Crippen LogP contribution is 2.05. The third-order valence-electron chi connectivity index (χ3n) is 2.95. The van der Waals surface area contributed by atoms with E-state index in [1.54, 1.807) is 13.8 Å². The Labute approximate surface area is 109 Å². The van der Waals surface area contributed by atoms with Gasteiger partial charge in [-0.15, -0.1) is 0 Å². The molecule has 0 aromatic carbocycles. The fraction of sp³-hybridized carbons (Fsp3) is 0.643. The Kier molecular flexibility index (Phi) is 6.33. The summed E-state index contributed by atoms with van der Waals surface area (Å²) in [6, 6.07) is 0. The van der Waals surface area contributed by atoms with Gasteiger partial charge in [0, 0.05) is 26.9 Å². The average Bonchev–Trinajstić information content (AvgIpc) is 2.41. The Bertz CT molecular complexity index is 334. The third kappa shape index (κ3) is 5.25. The molecule has 2 rings (SSSR count). The van der Waals surface area contributed by atoms with E-state index in [0.29, 0.717) is 0 Å². The van der Waals surface area contributed by atoms with E-state index >= 15 is 0 Å². The SMILES string of the molecule is CC(=O)C1=CCCCN1.CC(=O)C1=NCCCC1. The highest BCUT2D eigenvalue weighted by Gasteiger charge is 2.08. The maximum Gasteiger partial charge on any atom is 0.175 e. The van der Waals surface area contributed by atoms with Crippen LogP contribution in [0, 0.1) is 0 Å². The summed E-state index contributed by atoms with van der Waals surface area (Å²) in [5.74, 6) is 0.296. The number of nitrogens with zero attached hydrogens (tertiary/aromatic N) is 1. The van der Waals surface area contributed by atoms with E-state index in [-0.39, 0.29) is 11.6 Å². The van der Waals surface area contributed by atoms with Crippen LogP contribution in [-0.4, -0.2) is 30.4 Å². The van der Waals surface area contributed by atoms with Crippen LogP contribution in [0.1, 0.15) is 46.0 Å². The fourth-order valence-corrected chi connectivity index (χ4v) is 1.90.